The van der Waals surface area contributed by atoms with Crippen LogP contribution in [0.2, 0.25) is 0 Å². The molecular formula is C17H21N3O2S. The van der Waals surface area contributed by atoms with Gasteiger partial charge in [0.1, 0.15) is 5.75 Å². The van der Waals surface area contributed by atoms with E-state index in [-0.39, 0.29) is 17.9 Å². The number of anilines is 1. The fourth-order valence-electron chi connectivity index (χ4n) is 2.81. The number of hydrogen-bond donors (Lipinski definition) is 2. The summed E-state index contributed by atoms with van der Waals surface area (Å²) in [5, 5.41) is 5.50. The summed E-state index contributed by atoms with van der Waals surface area (Å²) in [6, 6.07) is 7.96. The monoisotopic (exact) mass is 331 g/mol. The van der Waals surface area contributed by atoms with Crippen LogP contribution in [0.15, 0.2) is 29.6 Å². The SMILES string of the molecule is CCOc1ccc(-c2csc(NC(=O)C3CCC(N)C3)n2)cc1. The van der Waals surface area contributed by atoms with Gasteiger partial charge in [-0.05, 0) is 50.5 Å². The number of aromatic nitrogens is 1. The minimum atomic E-state index is 0.0165. The van der Waals surface area contributed by atoms with Crippen LogP contribution >= 0.6 is 11.3 Å². The van der Waals surface area contributed by atoms with Gasteiger partial charge in [-0.2, -0.15) is 0 Å². The first-order chi connectivity index (χ1) is 11.2. The van der Waals surface area contributed by atoms with Gasteiger partial charge in [-0.1, -0.05) is 0 Å². The maximum atomic E-state index is 12.2. The molecule has 0 radical (unpaired) electrons. The number of amides is 1. The van der Waals surface area contributed by atoms with Crippen molar-refractivity contribution < 1.29 is 9.53 Å². The Morgan fingerprint density at radius 3 is 2.83 bits per heavy atom. The molecule has 0 bridgehead atoms. The van der Waals surface area contributed by atoms with Gasteiger partial charge in [0, 0.05) is 22.9 Å². The number of nitrogens with zero attached hydrogens (tertiary/aromatic N) is 1. The lowest BCUT2D eigenvalue weighted by atomic mass is 10.1. The Kier molecular flexibility index (Phi) is 4.93. The first-order valence-electron chi connectivity index (χ1n) is 7.91. The van der Waals surface area contributed by atoms with Gasteiger partial charge in [0.15, 0.2) is 5.13 Å². The lowest BCUT2D eigenvalue weighted by Crippen LogP contribution is -2.23. The molecule has 0 saturated heterocycles. The predicted octanol–water partition coefficient (Wildman–Crippen LogP) is 3.27. The van der Waals surface area contributed by atoms with Crippen LogP contribution in [0.3, 0.4) is 0 Å². The van der Waals surface area contributed by atoms with Crippen molar-refractivity contribution in [1.29, 1.82) is 0 Å². The van der Waals surface area contributed by atoms with Gasteiger partial charge < -0.3 is 15.8 Å². The van der Waals surface area contributed by atoms with E-state index in [9.17, 15) is 4.79 Å². The summed E-state index contributed by atoms with van der Waals surface area (Å²) in [7, 11) is 0. The third-order valence-electron chi connectivity index (χ3n) is 4.04. The molecule has 0 spiro atoms. The minimum absolute atomic E-state index is 0.0165. The highest BCUT2D eigenvalue weighted by molar-refractivity contribution is 7.14. The Balaban J connectivity index is 1.64. The molecule has 2 aromatic rings. The van der Waals surface area contributed by atoms with Crippen molar-refractivity contribution in [2.45, 2.75) is 32.2 Å². The second-order valence-corrected chi connectivity index (χ2v) is 6.61. The van der Waals surface area contributed by atoms with Crippen LogP contribution in [-0.4, -0.2) is 23.5 Å². The summed E-state index contributed by atoms with van der Waals surface area (Å²) < 4.78 is 5.44. The Bertz CT molecular complexity index is 669. The smallest absolute Gasteiger partial charge is 0.229 e. The number of carbonyl (C=O) groups is 1. The molecule has 0 aliphatic heterocycles. The lowest BCUT2D eigenvalue weighted by Gasteiger charge is -2.08. The molecule has 1 aromatic carbocycles. The van der Waals surface area contributed by atoms with E-state index < -0.39 is 0 Å². The second-order valence-electron chi connectivity index (χ2n) is 5.75. The normalized spacial score (nSPS) is 20.4. The zero-order valence-corrected chi connectivity index (χ0v) is 13.9. The van der Waals surface area contributed by atoms with E-state index in [1.165, 1.54) is 11.3 Å². The maximum absolute atomic E-state index is 12.2. The van der Waals surface area contributed by atoms with Gasteiger partial charge in [0.25, 0.3) is 0 Å². The summed E-state index contributed by atoms with van der Waals surface area (Å²) in [5.74, 6) is 0.894. The molecule has 2 unspecified atom stereocenters. The number of thiazole rings is 1. The molecule has 1 saturated carbocycles. The minimum Gasteiger partial charge on any atom is -0.494 e. The summed E-state index contributed by atoms with van der Waals surface area (Å²) in [6.07, 6.45) is 2.56. The molecule has 122 valence electrons. The number of rotatable bonds is 5. The largest absolute Gasteiger partial charge is 0.494 e. The van der Waals surface area contributed by atoms with Crippen molar-refractivity contribution in [2.75, 3.05) is 11.9 Å². The first-order valence-corrected chi connectivity index (χ1v) is 8.79. The van der Waals surface area contributed by atoms with Gasteiger partial charge in [0.2, 0.25) is 5.91 Å². The van der Waals surface area contributed by atoms with Gasteiger partial charge in [0.05, 0.1) is 12.3 Å². The van der Waals surface area contributed by atoms with Gasteiger partial charge >= 0.3 is 0 Å². The number of nitrogens with one attached hydrogen (secondary N) is 1. The van der Waals surface area contributed by atoms with Crippen LogP contribution in [-0.2, 0) is 4.79 Å². The van der Waals surface area contributed by atoms with Gasteiger partial charge in [-0.25, -0.2) is 4.98 Å². The molecule has 1 amide bonds. The van der Waals surface area contributed by atoms with E-state index in [0.29, 0.717) is 11.7 Å². The second kappa shape index (κ2) is 7.10. The van der Waals surface area contributed by atoms with Crippen molar-refractivity contribution in [3.8, 4) is 17.0 Å². The van der Waals surface area contributed by atoms with Crippen molar-refractivity contribution in [3.63, 3.8) is 0 Å². The molecule has 3 rings (SSSR count). The quantitative estimate of drug-likeness (QED) is 0.881. The van der Waals surface area contributed by atoms with E-state index in [1.54, 1.807) is 0 Å². The summed E-state index contributed by atoms with van der Waals surface area (Å²) in [4.78, 5) is 16.7. The Labute approximate surface area is 139 Å². The maximum Gasteiger partial charge on any atom is 0.229 e. The van der Waals surface area contributed by atoms with Gasteiger partial charge in [-0.15, -0.1) is 11.3 Å². The van der Waals surface area contributed by atoms with Gasteiger partial charge in [-0.3, -0.25) is 4.79 Å². The molecule has 5 nitrogen and oxygen atoms in total. The lowest BCUT2D eigenvalue weighted by molar-refractivity contribution is -0.119. The Morgan fingerprint density at radius 1 is 1.39 bits per heavy atom. The van der Waals surface area contributed by atoms with Crippen LogP contribution in [0, 0.1) is 5.92 Å². The zero-order chi connectivity index (χ0) is 16.2. The van der Waals surface area contributed by atoms with E-state index in [1.807, 2.05) is 36.6 Å². The third kappa shape index (κ3) is 3.89. The van der Waals surface area contributed by atoms with Crippen molar-refractivity contribution in [1.82, 2.24) is 4.98 Å². The molecule has 1 fully saturated rings. The van der Waals surface area contributed by atoms with E-state index in [0.717, 1.165) is 36.3 Å². The standard InChI is InChI=1S/C17H21N3O2S/c1-2-22-14-7-4-11(5-8-14)15-10-23-17(19-15)20-16(21)12-3-6-13(18)9-12/h4-5,7-8,10,12-13H,2-3,6,9,18H2,1H3,(H,19,20,21). The summed E-state index contributed by atoms with van der Waals surface area (Å²) in [6.45, 7) is 2.61. The number of hydrogen-bond acceptors (Lipinski definition) is 5. The van der Waals surface area contributed by atoms with E-state index in [2.05, 4.69) is 10.3 Å². The first kappa shape index (κ1) is 16.0. The number of benzene rings is 1. The van der Waals surface area contributed by atoms with Crippen molar-refractivity contribution in [3.05, 3.63) is 29.6 Å². The zero-order valence-electron chi connectivity index (χ0n) is 13.1. The predicted molar refractivity (Wildman–Crippen MR) is 92.7 cm³/mol. The third-order valence-corrected chi connectivity index (χ3v) is 4.80. The van der Waals surface area contributed by atoms with E-state index in [4.69, 9.17) is 10.5 Å². The highest BCUT2D eigenvalue weighted by atomic mass is 32.1. The molecule has 1 aromatic heterocycles. The molecule has 1 aliphatic carbocycles. The van der Waals surface area contributed by atoms with Crippen LogP contribution in [0.25, 0.3) is 11.3 Å². The van der Waals surface area contributed by atoms with Crippen LogP contribution in [0.1, 0.15) is 26.2 Å². The topological polar surface area (TPSA) is 77.2 Å². The molecule has 6 heteroatoms. The highest BCUT2D eigenvalue weighted by Gasteiger charge is 2.28. The molecule has 1 heterocycles. The Hall–Kier alpha value is -1.92. The fraction of sp³-hybridized carbons (Fsp3) is 0.412. The number of carbonyl (C=O) groups excluding carboxylic acids is 1. The Morgan fingerprint density at radius 2 is 2.17 bits per heavy atom. The summed E-state index contributed by atoms with van der Waals surface area (Å²) >= 11 is 1.44. The van der Waals surface area contributed by atoms with Crippen molar-refractivity contribution >= 4 is 22.4 Å². The van der Waals surface area contributed by atoms with Crippen LogP contribution < -0.4 is 15.8 Å². The molecule has 2 atom stereocenters. The molecule has 3 N–H and O–H groups in total. The fourth-order valence-corrected chi connectivity index (χ4v) is 3.54. The highest BCUT2D eigenvalue weighted by Crippen LogP contribution is 2.29. The number of nitrogens with two attached hydrogens (primary N) is 1. The molecular weight excluding hydrogens is 310 g/mol. The number of ether oxygens (including phenoxy) is 1. The summed E-state index contributed by atoms with van der Waals surface area (Å²) in [5.41, 5.74) is 7.73. The van der Waals surface area contributed by atoms with Crippen LogP contribution in [0.4, 0.5) is 5.13 Å². The average Bonchev–Trinajstić information content (AvgIpc) is 3.18. The van der Waals surface area contributed by atoms with Crippen molar-refractivity contribution in [2.24, 2.45) is 11.7 Å². The molecule has 23 heavy (non-hydrogen) atoms. The van der Waals surface area contributed by atoms with E-state index >= 15 is 0 Å². The molecule has 1 aliphatic rings. The average molecular weight is 331 g/mol. The van der Waals surface area contributed by atoms with Crippen LogP contribution in [0.5, 0.6) is 5.75 Å².